The highest BCUT2D eigenvalue weighted by Gasteiger charge is 2.66. The highest BCUT2D eigenvalue weighted by atomic mass is 19.1. The lowest BCUT2D eigenvalue weighted by Crippen LogP contribution is -2.48. The average molecular weight is 341 g/mol. The third-order valence-electron chi connectivity index (χ3n) is 5.05. The van der Waals surface area contributed by atoms with Crippen LogP contribution >= 0.6 is 0 Å². The summed E-state index contributed by atoms with van der Waals surface area (Å²) in [6.45, 7) is 0.582. The van der Waals surface area contributed by atoms with Gasteiger partial charge < -0.3 is 9.26 Å². The van der Waals surface area contributed by atoms with E-state index in [4.69, 9.17) is 9.26 Å². The summed E-state index contributed by atoms with van der Waals surface area (Å²) in [5.74, 6) is 0.898. The molecule has 0 amide bonds. The van der Waals surface area contributed by atoms with Crippen LogP contribution in [0.15, 0.2) is 41.1 Å². The topological polar surface area (TPSA) is 78.9 Å². The molecule has 7 nitrogen and oxygen atoms in total. The van der Waals surface area contributed by atoms with E-state index in [0.29, 0.717) is 43.4 Å². The molecule has 3 aromatic rings. The van der Waals surface area contributed by atoms with Crippen LogP contribution in [0.25, 0.3) is 11.5 Å². The van der Waals surface area contributed by atoms with E-state index in [0.717, 1.165) is 5.56 Å². The summed E-state index contributed by atoms with van der Waals surface area (Å²) in [5.41, 5.74) is 0.717. The molecule has 3 fully saturated rings. The third kappa shape index (κ3) is 2.28. The van der Waals surface area contributed by atoms with Gasteiger partial charge in [-0.1, -0.05) is 40.7 Å². The van der Waals surface area contributed by atoms with Gasteiger partial charge in [0.1, 0.15) is 6.67 Å². The number of hydrogen-bond acceptors (Lipinski definition) is 6. The predicted octanol–water partition coefficient (Wildman–Crippen LogP) is 2.15. The molecule has 1 saturated carbocycles. The standard InChI is InChI=1S/C17H16FN5O2/c18-10-17-8-16(9-17,11-24-17)15-19-14(21-25-15)13-7-23(22-20-13)6-12-4-2-1-3-5-12/h1-5,7H,6,8-11H2. The van der Waals surface area contributed by atoms with Crippen LogP contribution in [0.3, 0.4) is 0 Å². The summed E-state index contributed by atoms with van der Waals surface area (Å²) >= 11 is 0. The Morgan fingerprint density at radius 1 is 1.20 bits per heavy atom. The Morgan fingerprint density at radius 3 is 2.80 bits per heavy atom. The predicted molar refractivity (Wildman–Crippen MR) is 84.4 cm³/mol. The lowest BCUT2D eigenvalue weighted by atomic mass is 9.63. The molecule has 3 aliphatic rings. The maximum Gasteiger partial charge on any atom is 0.235 e. The second-order valence-corrected chi connectivity index (χ2v) is 6.95. The number of ether oxygens (including phenoxy) is 1. The van der Waals surface area contributed by atoms with E-state index >= 15 is 0 Å². The van der Waals surface area contributed by atoms with Gasteiger partial charge in [-0.25, -0.2) is 9.07 Å². The molecule has 8 heteroatoms. The van der Waals surface area contributed by atoms with Crippen molar-refractivity contribution in [2.24, 2.45) is 0 Å². The van der Waals surface area contributed by atoms with Crippen molar-refractivity contribution in [3.05, 3.63) is 48.0 Å². The number of nitrogens with zero attached hydrogens (tertiary/aromatic N) is 5. The smallest absolute Gasteiger partial charge is 0.235 e. The number of aromatic nitrogens is 5. The van der Waals surface area contributed by atoms with Gasteiger partial charge in [-0.15, -0.1) is 5.10 Å². The number of fused-ring (bicyclic) bond motifs is 1. The van der Waals surface area contributed by atoms with E-state index in [1.807, 2.05) is 30.3 Å². The zero-order chi connectivity index (χ0) is 16.9. The fourth-order valence-electron chi connectivity index (χ4n) is 3.81. The Balaban J connectivity index is 1.35. The zero-order valence-corrected chi connectivity index (χ0v) is 13.4. The molecule has 0 spiro atoms. The molecule has 2 aromatic heterocycles. The van der Waals surface area contributed by atoms with Crippen LogP contribution < -0.4 is 0 Å². The largest absolute Gasteiger partial charge is 0.371 e. The maximum absolute atomic E-state index is 13.0. The summed E-state index contributed by atoms with van der Waals surface area (Å²) in [6, 6.07) is 10.00. The Labute approximate surface area is 142 Å². The molecule has 6 rings (SSSR count). The average Bonchev–Trinajstić information content (AvgIpc) is 3.37. The minimum absolute atomic E-state index is 0.336. The first kappa shape index (κ1) is 14.7. The molecule has 0 radical (unpaired) electrons. The first-order valence-electron chi connectivity index (χ1n) is 8.19. The Hall–Kier alpha value is -2.61. The van der Waals surface area contributed by atoms with E-state index in [-0.39, 0.29) is 5.41 Å². The van der Waals surface area contributed by atoms with E-state index < -0.39 is 12.3 Å². The normalized spacial score (nSPS) is 27.4. The molecular weight excluding hydrogens is 325 g/mol. The molecule has 0 atom stereocenters. The summed E-state index contributed by atoms with van der Waals surface area (Å²) in [5, 5.41) is 12.3. The second-order valence-electron chi connectivity index (χ2n) is 6.95. The van der Waals surface area contributed by atoms with E-state index in [2.05, 4.69) is 20.5 Å². The summed E-state index contributed by atoms with van der Waals surface area (Å²) in [7, 11) is 0. The maximum atomic E-state index is 13.0. The molecule has 0 N–H and O–H groups in total. The van der Waals surface area contributed by atoms with Gasteiger partial charge in [0.15, 0.2) is 5.69 Å². The van der Waals surface area contributed by atoms with E-state index in [1.165, 1.54) is 0 Å². The SMILES string of the molecule is FCC12CC(c3nc(-c4cn(Cc5ccccc5)nn4)no3)(CO1)C2. The van der Waals surface area contributed by atoms with Gasteiger partial charge in [0, 0.05) is 0 Å². The second kappa shape index (κ2) is 5.19. The Kier molecular flexibility index (Phi) is 3.05. The van der Waals surface area contributed by atoms with Crippen molar-refractivity contribution in [2.45, 2.75) is 30.4 Å². The minimum atomic E-state index is -0.631. The van der Waals surface area contributed by atoms with Gasteiger partial charge in [0.2, 0.25) is 11.7 Å². The van der Waals surface area contributed by atoms with Crippen molar-refractivity contribution in [1.82, 2.24) is 25.1 Å². The van der Waals surface area contributed by atoms with Crippen LogP contribution in [0.5, 0.6) is 0 Å². The number of benzene rings is 1. The molecule has 128 valence electrons. The van der Waals surface area contributed by atoms with Gasteiger partial charge >= 0.3 is 0 Å². The molecule has 25 heavy (non-hydrogen) atoms. The number of alkyl halides is 1. The van der Waals surface area contributed by atoms with E-state index in [1.54, 1.807) is 10.9 Å². The Morgan fingerprint density at radius 2 is 2.04 bits per heavy atom. The zero-order valence-electron chi connectivity index (χ0n) is 13.4. The number of hydrogen-bond donors (Lipinski definition) is 0. The molecule has 4 heterocycles. The Bertz CT molecular complexity index is 901. The fraction of sp³-hybridized carbons (Fsp3) is 0.412. The lowest BCUT2D eigenvalue weighted by Gasteiger charge is -2.40. The lowest BCUT2D eigenvalue weighted by molar-refractivity contribution is -0.0262. The first-order valence-corrected chi connectivity index (χ1v) is 8.19. The van der Waals surface area contributed by atoms with Crippen LogP contribution in [0.1, 0.15) is 24.3 Å². The molecule has 0 unspecified atom stereocenters. The van der Waals surface area contributed by atoms with Gasteiger partial charge in [0.05, 0.1) is 30.4 Å². The summed E-state index contributed by atoms with van der Waals surface area (Å²) in [4.78, 5) is 4.46. The number of halogens is 1. The van der Waals surface area contributed by atoms with Crippen LogP contribution in [0.4, 0.5) is 4.39 Å². The van der Waals surface area contributed by atoms with Crippen molar-refractivity contribution < 1.29 is 13.7 Å². The molecule has 1 aliphatic carbocycles. The van der Waals surface area contributed by atoms with Gasteiger partial charge in [-0.3, -0.25) is 0 Å². The summed E-state index contributed by atoms with van der Waals surface area (Å²) < 4.78 is 25.8. The molecule has 2 saturated heterocycles. The molecular formula is C17H16FN5O2. The van der Waals surface area contributed by atoms with Crippen molar-refractivity contribution in [3.63, 3.8) is 0 Å². The highest BCUT2D eigenvalue weighted by molar-refractivity contribution is 5.46. The van der Waals surface area contributed by atoms with Crippen LogP contribution in [-0.4, -0.2) is 44.0 Å². The number of rotatable bonds is 5. The minimum Gasteiger partial charge on any atom is -0.371 e. The van der Waals surface area contributed by atoms with Gasteiger partial charge in [-0.05, 0) is 18.4 Å². The van der Waals surface area contributed by atoms with Crippen molar-refractivity contribution in [3.8, 4) is 11.5 Å². The van der Waals surface area contributed by atoms with Gasteiger partial charge in [0.25, 0.3) is 0 Å². The molecule has 1 aromatic carbocycles. The highest BCUT2D eigenvalue weighted by Crippen LogP contribution is 2.58. The monoisotopic (exact) mass is 341 g/mol. The van der Waals surface area contributed by atoms with Crippen LogP contribution in [0, 0.1) is 0 Å². The van der Waals surface area contributed by atoms with Crippen molar-refractivity contribution >= 4 is 0 Å². The van der Waals surface area contributed by atoms with Crippen molar-refractivity contribution in [2.75, 3.05) is 13.3 Å². The fourth-order valence-corrected chi connectivity index (χ4v) is 3.81. The van der Waals surface area contributed by atoms with Gasteiger partial charge in [-0.2, -0.15) is 4.98 Å². The van der Waals surface area contributed by atoms with E-state index in [9.17, 15) is 4.39 Å². The summed E-state index contributed by atoms with van der Waals surface area (Å²) in [6.07, 6.45) is 2.98. The van der Waals surface area contributed by atoms with Crippen LogP contribution in [0.2, 0.25) is 0 Å². The molecule has 2 aliphatic heterocycles. The first-order chi connectivity index (χ1) is 12.2. The third-order valence-corrected chi connectivity index (χ3v) is 5.05. The van der Waals surface area contributed by atoms with Crippen molar-refractivity contribution in [1.29, 1.82) is 0 Å². The molecule has 2 bridgehead atoms. The van der Waals surface area contributed by atoms with Crippen LogP contribution in [-0.2, 0) is 16.7 Å². The quantitative estimate of drug-likeness (QED) is 0.707.